The van der Waals surface area contributed by atoms with Crippen LogP contribution >= 0.6 is 0 Å². The Labute approximate surface area is 155 Å². The highest BCUT2D eigenvalue weighted by Crippen LogP contribution is 2.64. The molecule has 1 fully saturated rings. The highest BCUT2D eigenvalue weighted by atomic mass is 32.2. The fourth-order valence-electron chi connectivity index (χ4n) is 3.30. The second-order valence-electron chi connectivity index (χ2n) is 7.48. The first-order valence-electron chi connectivity index (χ1n) is 8.27. The van der Waals surface area contributed by atoms with Gasteiger partial charge in [0.05, 0.1) is 12.2 Å². The molecule has 0 unspecified atom stereocenters. The number of hydrogen-bond acceptors (Lipinski definition) is 7. The van der Waals surface area contributed by atoms with E-state index in [0.717, 1.165) is 0 Å². The maximum atomic E-state index is 12.4. The van der Waals surface area contributed by atoms with Crippen molar-refractivity contribution in [1.29, 1.82) is 0 Å². The maximum absolute atomic E-state index is 12.4. The van der Waals surface area contributed by atoms with Gasteiger partial charge in [-0.2, -0.15) is 21.6 Å². The molecule has 11 heteroatoms. The molecule has 1 saturated carbocycles. The quantitative estimate of drug-likeness (QED) is 0.285. The fraction of sp³-hybridized carbons (Fsp3) is 0.750. The number of hydrogen-bond donors (Lipinski definition) is 0. The van der Waals surface area contributed by atoms with Crippen LogP contribution < -0.4 is 0 Å². The van der Waals surface area contributed by atoms with Crippen molar-refractivity contribution in [3.05, 3.63) is 11.8 Å². The zero-order valence-corrected chi connectivity index (χ0v) is 16.1. The number of ether oxygens (including phenoxy) is 2. The summed E-state index contributed by atoms with van der Waals surface area (Å²) in [4.78, 5) is 24.9. The Hall–Kier alpha value is -1.78. The predicted octanol–water partition coefficient (Wildman–Crippen LogP) is 2.81. The molecule has 2 aliphatic carbocycles. The first-order valence-corrected chi connectivity index (χ1v) is 9.68. The van der Waals surface area contributed by atoms with E-state index in [0.29, 0.717) is 0 Å². The van der Waals surface area contributed by atoms with Crippen molar-refractivity contribution in [2.45, 2.75) is 64.7 Å². The third kappa shape index (κ3) is 4.07. The largest absolute Gasteiger partial charge is 0.534 e. The Kier molecular flexibility index (Phi) is 5.32. The smallest absolute Gasteiger partial charge is 0.462 e. The van der Waals surface area contributed by atoms with E-state index in [2.05, 4.69) is 4.18 Å². The molecule has 0 heterocycles. The Balaban J connectivity index is 2.14. The zero-order chi connectivity index (χ0) is 20.8. The molecule has 154 valence electrons. The van der Waals surface area contributed by atoms with Crippen LogP contribution in [0.5, 0.6) is 0 Å². The summed E-state index contributed by atoms with van der Waals surface area (Å²) in [6.45, 7) is 6.46. The highest BCUT2D eigenvalue weighted by Gasteiger charge is 2.67. The summed E-state index contributed by atoms with van der Waals surface area (Å²) < 4.78 is 73.5. The van der Waals surface area contributed by atoms with Gasteiger partial charge in [0, 0.05) is 11.8 Å². The van der Waals surface area contributed by atoms with E-state index in [9.17, 15) is 31.2 Å². The number of alkyl halides is 3. The average Bonchev–Trinajstić information content (AvgIpc) is 2.36. The van der Waals surface area contributed by atoms with Gasteiger partial charge in [-0.3, -0.25) is 9.59 Å². The van der Waals surface area contributed by atoms with Crippen molar-refractivity contribution in [1.82, 2.24) is 0 Å². The zero-order valence-electron chi connectivity index (χ0n) is 15.3. The Morgan fingerprint density at radius 3 is 1.78 bits per heavy atom. The average molecular weight is 414 g/mol. The summed E-state index contributed by atoms with van der Waals surface area (Å²) in [7, 11) is -5.74. The van der Waals surface area contributed by atoms with Crippen LogP contribution in [0.15, 0.2) is 11.8 Å². The molecule has 0 aromatic rings. The Morgan fingerprint density at radius 1 is 1.04 bits per heavy atom. The number of carbonyl (C=O) groups excluding carboxylic acids is 2. The Morgan fingerprint density at radius 2 is 1.44 bits per heavy atom. The summed E-state index contributed by atoms with van der Waals surface area (Å²) in [6, 6.07) is 0. The topological polar surface area (TPSA) is 96.0 Å². The summed E-state index contributed by atoms with van der Waals surface area (Å²) in [5.74, 6) is -1.89. The van der Waals surface area contributed by atoms with Crippen LogP contribution in [0.25, 0.3) is 0 Å². The monoisotopic (exact) mass is 414 g/mol. The molecule has 1 spiro atoms. The summed E-state index contributed by atoms with van der Waals surface area (Å²) in [6.07, 6.45) is 0.0518. The van der Waals surface area contributed by atoms with Crippen LogP contribution in [0, 0.1) is 10.8 Å². The highest BCUT2D eigenvalue weighted by molar-refractivity contribution is 7.87. The lowest BCUT2D eigenvalue weighted by Gasteiger charge is -2.55. The van der Waals surface area contributed by atoms with E-state index in [1.165, 1.54) is 6.08 Å². The number of halogens is 3. The van der Waals surface area contributed by atoms with Gasteiger partial charge in [0.15, 0.2) is 5.41 Å². The molecule has 0 amide bonds. The normalized spacial score (nSPS) is 20.6. The van der Waals surface area contributed by atoms with Crippen molar-refractivity contribution in [3.63, 3.8) is 0 Å². The molecule has 7 nitrogen and oxygen atoms in total. The summed E-state index contributed by atoms with van der Waals surface area (Å²) in [5, 5.41) is 0. The molecule has 0 saturated heterocycles. The predicted molar refractivity (Wildman–Crippen MR) is 85.3 cm³/mol. The van der Waals surface area contributed by atoms with E-state index in [4.69, 9.17) is 9.47 Å². The van der Waals surface area contributed by atoms with E-state index in [1.807, 2.05) is 0 Å². The second-order valence-corrected chi connectivity index (χ2v) is 9.01. The first-order chi connectivity index (χ1) is 12.1. The number of rotatable bonds is 6. The van der Waals surface area contributed by atoms with Crippen LogP contribution in [0.2, 0.25) is 0 Å². The molecule has 0 aromatic carbocycles. The van der Waals surface area contributed by atoms with E-state index in [-0.39, 0.29) is 25.0 Å². The van der Waals surface area contributed by atoms with Crippen LogP contribution in [0.4, 0.5) is 13.2 Å². The van der Waals surface area contributed by atoms with E-state index < -0.39 is 50.6 Å². The van der Waals surface area contributed by atoms with Crippen LogP contribution in [-0.2, 0) is 33.4 Å². The van der Waals surface area contributed by atoms with Gasteiger partial charge in [0.2, 0.25) is 0 Å². The van der Waals surface area contributed by atoms with Crippen molar-refractivity contribution < 1.29 is 44.8 Å². The minimum absolute atomic E-state index is 0.0456. The molecule has 0 aliphatic heterocycles. The standard InChI is InChI=1S/C16H21F3O7S/c1-9(2)24-12(20)15(13(21)25-10(3)4)7-14(8-15)5-11(6-14)26-27(22,23)16(17,18)19/h5,9-10H,6-8H2,1-4H3. The van der Waals surface area contributed by atoms with Gasteiger partial charge in [-0.05, 0) is 46.6 Å². The molecule has 2 aliphatic rings. The minimum Gasteiger partial charge on any atom is -0.462 e. The number of allylic oxidation sites excluding steroid dienone is 2. The summed E-state index contributed by atoms with van der Waals surface area (Å²) in [5.41, 5.74) is -7.87. The van der Waals surface area contributed by atoms with Gasteiger partial charge in [-0.25, -0.2) is 0 Å². The maximum Gasteiger partial charge on any atom is 0.534 e. The van der Waals surface area contributed by atoms with Crippen molar-refractivity contribution in [2.75, 3.05) is 0 Å². The number of esters is 2. The van der Waals surface area contributed by atoms with E-state index >= 15 is 0 Å². The van der Waals surface area contributed by atoms with Crippen LogP contribution in [0.1, 0.15) is 47.0 Å². The van der Waals surface area contributed by atoms with Gasteiger partial charge in [0.1, 0.15) is 5.76 Å². The molecule has 0 atom stereocenters. The lowest BCUT2D eigenvalue weighted by atomic mass is 9.48. The molecule has 27 heavy (non-hydrogen) atoms. The molecule has 0 N–H and O–H groups in total. The van der Waals surface area contributed by atoms with Crippen molar-refractivity contribution in [3.8, 4) is 0 Å². The van der Waals surface area contributed by atoms with Gasteiger partial charge in [-0.1, -0.05) is 0 Å². The molecular formula is C16H21F3O7S. The van der Waals surface area contributed by atoms with E-state index in [1.54, 1.807) is 27.7 Å². The van der Waals surface area contributed by atoms with Gasteiger partial charge >= 0.3 is 27.6 Å². The lowest BCUT2D eigenvalue weighted by molar-refractivity contribution is -0.194. The lowest BCUT2D eigenvalue weighted by Crippen LogP contribution is -2.59. The molecule has 2 rings (SSSR count). The minimum atomic E-state index is -5.74. The molecule has 0 radical (unpaired) electrons. The van der Waals surface area contributed by atoms with Gasteiger partial charge < -0.3 is 13.7 Å². The van der Waals surface area contributed by atoms with Crippen LogP contribution in [0.3, 0.4) is 0 Å². The van der Waals surface area contributed by atoms with Gasteiger partial charge in [0.25, 0.3) is 0 Å². The summed E-state index contributed by atoms with van der Waals surface area (Å²) >= 11 is 0. The third-order valence-electron chi connectivity index (χ3n) is 4.27. The molecule has 0 bridgehead atoms. The van der Waals surface area contributed by atoms with Crippen molar-refractivity contribution in [2.24, 2.45) is 10.8 Å². The van der Waals surface area contributed by atoms with Crippen molar-refractivity contribution >= 4 is 22.1 Å². The van der Waals surface area contributed by atoms with Gasteiger partial charge in [-0.15, -0.1) is 0 Å². The number of carbonyl (C=O) groups is 2. The molecular weight excluding hydrogens is 393 g/mol. The SMILES string of the molecule is CC(C)OC(=O)C1(C(=O)OC(C)C)CC2(C=C(OS(=O)(=O)C(F)(F)F)C2)C1. The third-order valence-corrected chi connectivity index (χ3v) is 5.27. The fourth-order valence-corrected chi connectivity index (χ4v) is 3.79. The van der Waals surface area contributed by atoms with Crippen LogP contribution in [-0.4, -0.2) is 38.1 Å². The first kappa shape index (κ1) is 21.5. The second kappa shape index (κ2) is 6.68. The molecule has 0 aromatic heterocycles. The Bertz CT molecular complexity index is 735.